The Kier molecular flexibility index (Phi) is 2.90. The fourth-order valence-electron chi connectivity index (χ4n) is 1.91. The number of hydrogen-bond donors (Lipinski definition) is 1. The minimum atomic E-state index is -3.62. The highest BCUT2D eigenvalue weighted by atomic mass is 79.9. The molecule has 4 nitrogen and oxygen atoms in total. The van der Waals surface area contributed by atoms with E-state index in [-0.39, 0.29) is 10.5 Å². The number of carbonyl (C=O) groups is 1. The zero-order valence-corrected chi connectivity index (χ0v) is 12.4. The third-order valence-corrected chi connectivity index (χ3v) is 6.37. The Morgan fingerprint density at radius 1 is 1.39 bits per heavy atom. The summed E-state index contributed by atoms with van der Waals surface area (Å²) in [6, 6.07) is 3.06. The van der Waals surface area contributed by atoms with Crippen molar-refractivity contribution in [2.75, 3.05) is 5.32 Å². The standard InChI is InChI=1S/C12H12BrNO3S/c1-4-14-7-5-6-8-9(10(7)13)11(15)12(2,3)18(8,16)17/h4-6,14H,1H2,2-3H3. The molecule has 6 heteroatoms. The van der Waals surface area contributed by atoms with E-state index in [1.165, 1.54) is 26.1 Å². The number of sulfone groups is 1. The predicted molar refractivity (Wildman–Crippen MR) is 73.6 cm³/mol. The monoisotopic (exact) mass is 329 g/mol. The van der Waals surface area contributed by atoms with Crippen LogP contribution in [0.2, 0.25) is 0 Å². The van der Waals surface area contributed by atoms with Gasteiger partial charge in [0.05, 0.1) is 20.6 Å². The highest BCUT2D eigenvalue weighted by molar-refractivity contribution is 9.10. The maximum atomic E-state index is 12.3. The Hall–Kier alpha value is -1.14. The quantitative estimate of drug-likeness (QED) is 0.906. The molecule has 1 aromatic rings. The van der Waals surface area contributed by atoms with Gasteiger partial charge in [-0.05, 0) is 48.1 Å². The summed E-state index contributed by atoms with van der Waals surface area (Å²) in [7, 11) is -3.62. The second kappa shape index (κ2) is 3.93. The minimum absolute atomic E-state index is 0.0824. The van der Waals surface area contributed by atoms with Gasteiger partial charge in [-0.1, -0.05) is 6.58 Å². The molecule has 0 fully saturated rings. The van der Waals surface area contributed by atoms with E-state index < -0.39 is 20.4 Å². The van der Waals surface area contributed by atoms with Crippen molar-refractivity contribution in [3.05, 3.63) is 34.9 Å². The SMILES string of the molecule is C=CNc1ccc2c(c1Br)C(=O)C(C)(C)S2(=O)=O. The number of halogens is 1. The first kappa shape index (κ1) is 13.3. The van der Waals surface area contributed by atoms with E-state index in [1.807, 2.05) is 0 Å². The lowest BCUT2D eigenvalue weighted by molar-refractivity contribution is 0.0958. The molecule has 1 heterocycles. The van der Waals surface area contributed by atoms with Crippen molar-refractivity contribution in [1.82, 2.24) is 0 Å². The van der Waals surface area contributed by atoms with E-state index in [2.05, 4.69) is 27.8 Å². The molecule has 0 unspecified atom stereocenters. The molecule has 1 N–H and O–H groups in total. The van der Waals surface area contributed by atoms with E-state index in [4.69, 9.17) is 0 Å². The molecule has 2 rings (SSSR count). The number of rotatable bonds is 2. The molecule has 0 amide bonds. The predicted octanol–water partition coefficient (Wildman–Crippen LogP) is 2.75. The first-order valence-electron chi connectivity index (χ1n) is 5.24. The molecule has 0 aromatic heterocycles. The topological polar surface area (TPSA) is 63.2 Å². The molecule has 0 saturated heterocycles. The Labute approximate surface area is 114 Å². The summed E-state index contributed by atoms with van der Waals surface area (Å²) < 4.78 is 23.6. The minimum Gasteiger partial charge on any atom is -0.361 e. The lowest BCUT2D eigenvalue weighted by Gasteiger charge is -2.13. The van der Waals surface area contributed by atoms with Crippen LogP contribution in [0.25, 0.3) is 0 Å². The smallest absolute Gasteiger partial charge is 0.191 e. The van der Waals surface area contributed by atoms with Gasteiger partial charge in [-0.25, -0.2) is 8.42 Å². The third-order valence-electron chi connectivity index (χ3n) is 3.10. The fourth-order valence-corrected chi connectivity index (χ4v) is 4.29. The Morgan fingerprint density at radius 2 is 2.00 bits per heavy atom. The van der Waals surface area contributed by atoms with E-state index in [0.717, 1.165) is 0 Å². The Bertz CT molecular complexity index is 662. The number of hydrogen-bond acceptors (Lipinski definition) is 4. The van der Waals surface area contributed by atoms with Crippen molar-refractivity contribution in [3.63, 3.8) is 0 Å². The summed E-state index contributed by atoms with van der Waals surface area (Å²) in [5.74, 6) is -0.392. The van der Waals surface area contributed by atoms with E-state index in [1.54, 1.807) is 6.07 Å². The number of carbonyl (C=O) groups excluding carboxylic acids is 1. The van der Waals surface area contributed by atoms with Gasteiger partial charge in [0.2, 0.25) is 0 Å². The number of benzene rings is 1. The van der Waals surface area contributed by atoms with E-state index >= 15 is 0 Å². The molecule has 0 radical (unpaired) electrons. The first-order valence-corrected chi connectivity index (χ1v) is 7.52. The van der Waals surface area contributed by atoms with Gasteiger partial charge in [-0.3, -0.25) is 4.79 Å². The number of anilines is 1. The van der Waals surface area contributed by atoms with E-state index in [9.17, 15) is 13.2 Å². The van der Waals surface area contributed by atoms with Crippen molar-refractivity contribution in [2.24, 2.45) is 0 Å². The van der Waals surface area contributed by atoms with Crippen molar-refractivity contribution >= 4 is 37.2 Å². The normalized spacial score (nSPS) is 19.4. The number of nitrogens with one attached hydrogen (secondary N) is 1. The number of ketones is 1. The molecule has 0 spiro atoms. The van der Waals surface area contributed by atoms with Crippen LogP contribution >= 0.6 is 15.9 Å². The zero-order chi connectivity index (χ0) is 13.7. The molecule has 1 aliphatic rings. The van der Waals surface area contributed by atoms with Crippen molar-refractivity contribution in [3.8, 4) is 0 Å². The molecular formula is C12H12BrNO3S. The first-order chi connectivity index (χ1) is 8.25. The summed E-state index contributed by atoms with van der Waals surface area (Å²) in [5, 5.41) is 2.85. The van der Waals surface area contributed by atoms with Crippen LogP contribution in [0.5, 0.6) is 0 Å². The molecule has 1 aliphatic heterocycles. The van der Waals surface area contributed by atoms with Gasteiger partial charge in [-0.15, -0.1) is 0 Å². The van der Waals surface area contributed by atoms with Crippen LogP contribution in [0.1, 0.15) is 24.2 Å². The van der Waals surface area contributed by atoms with Crippen LogP contribution in [0.15, 0.2) is 34.3 Å². The number of fused-ring (bicyclic) bond motifs is 1. The molecule has 18 heavy (non-hydrogen) atoms. The number of Topliss-reactive ketones (excluding diaryl/α,β-unsaturated/α-hetero) is 1. The van der Waals surface area contributed by atoms with E-state index in [0.29, 0.717) is 10.2 Å². The van der Waals surface area contributed by atoms with Crippen LogP contribution in [-0.2, 0) is 9.84 Å². The highest BCUT2D eigenvalue weighted by Gasteiger charge is 2.52. The molecule has 0 bridgehead atoms. The van der Waals surface area contributed by atoms with Gasteiger partial charge in [0.25, 0.3) is 0 Å². The van der Waals surface area contributed by atoms with Gasteiger partial charge in [-0.2, -0.15) is 0 Å². The van der Waals surface area contributed by atoms with Crippen molar-refractivity contribution in [2.45, 2.75) is 23.5 Å². The molecule has 0 aliphatic carbocycles. The van der Waals surface area contributed by atoms with Crippen molar-refractivity contribution < 1.29 is 13.2 Å². The third kappa shape index (κ3) is 1.48. The second-order valence-corrected chi connectivity index (χ2v) is 7.75. The summed E-state index contributed by atoms with van der Waals surface area (Å²) in [4.78, 5) is 12.3. The van der Waals surface area contributed by atoms with Crippen LogP contribution in [-0.4, -0.2) is 18.9 Å². The molecule has 1 aromatic carbocycles. The van der Waals surface area contributed by atoms with Gasteiger partial charge in [0, 0.05) is 0 Å². The van der Waals surface area contributed by atoms with Crippen LogP contribution in [0.3, 0.4) is 0 Å². The Balaban J connectivity index is 2.81. The summed E-state index contributed by atoms with van der Waals surface area (Å²) in [6.07, 6.45) is 1.46. The maximum absolute atomic E-state index is 12.3. The average molecular weight is 330 g/mol. The summed E-state index contributed by atoms with van der Waals surface area (Å²) in [5.41, 5.74) is 0.830. The zero-order valence-electron chi connectivity index (χ0n) is 9.95. The fraction of sp³-hybridized carbons (Fsp3) is 0.250. The second-order valence-electron chi connectivity index (χ2n) is 4.49. The molecule has 96 valence electrons. The van der Waals surface area contributed by atoms with Crippen molar-refractivity contribution in [1.29, 1.82) is 0 Å². The lowest BCUT2D eigenvalue weighted by Crippen LogP contribution is -2.33. The van der Waals surface area contributed by atoms with Crippen LogP contribution < -0.4 is 5.32 Å². The summed E-state index contributed by atoms with van der Waals surface area (Å²) >= 11 is 3.28. The lowest BCUT2D eigenvalue weighted by atomic mass is 10.0. The summed E-state index contributed by atoms with van der Waals surface area (Å²) in [6.45, 7) is 6.39. The highest BCUT2D eigenvalue weighted by Crippen LogP contribution is 2.44. The Morgan fingerprint density at radius 3 is 2.56 bits per heavy atom. The average Bonchev–Trinajstić information content (AvgIpc) is 2.42. The largest absolute Gasteiger partial charge is 0.361 e. The molecular weight excluding hydrogens is 318 g/mol. The van der Waals surface area contributed by atoms with Gasteiger partial charge < -0.3 is 5.32 Å². The van der Waals surface area contributed by atoms with Gasteiger partial charge in [0.15, 0.2) is 15.6 Å². The molecule has 0 saturated carbocycles. The van der Waals surface area contributed by atoms with Gasteiger partial charge >= 0.3 is 0 Å². The van der Waals surface area contributed by atoms with Crippen LogP contribution in [0.4, 0.5) is 5.69 Å². The maximum Gasteiger partial charge on any atom is 0.191 e. The van der Waals surface area contributed by atoms with Crippen LogP contribution in [0, 0.1) is 0 Å². The molecule has 0 atom stereocenters. The van der Waals surface area contributed by atoms with Gasteiger partial charge in [0.1, 0.15) is 4.75 Å².